The van der Waals surface area contributed by atoms with Gasteiger partial charge in [0.2, 0.25) is 0 Å². The lowest BCUT2D eigenvalue weighted by Gasteiger charge is -2.43. The van der Waals surface area contributed by atoms with Crippen LogP contribution in [0.3, 0.4) is 0 Å². The average Bonchev–Trinajstić information content (AvgIpc) is 3.36. The SMILES string of the molecule is CC(C)(C)n1cc2c(n1)C(=O)CC1(CCN(C(=O)n3c(C(N)=O)cc4ccccc43)CC1)C2. The van der Waals surface area contributed by atoms with Crippen molar-refractivity contribution in [2.45, 2.75) is 52.0 Å². The van der Waals surface area contributed by atoms with Crippen LogP contribution in [-0.2, 0) is 12.0 Å². The number of nitrogens with zero attached hydrogens (tertiary/aromatic N) is 4. The van der Waals surface area contributed by atoms with Crippen LogP contribution in [0.15, 0.2) is 36.5 Å². The Morgan fingerprint density at radius 1 is 1.09 bits per heavy atom. The number of rotatable bonds is 1. The summed E-state index contributed by atoms with van der Waals surface area (Å²) in [5.74, 6) is -0.541. The maximum absolute atomic E-state index is 13.4. The van der Waals surface area contributed by atoms with Crippen LogP contribution in [-0.4, -0.2) is 50.1 Å². The molecule has 172 valence electrons. The number of likely N-dealkylation sites (tertiary alicyclic amines) is 1. The van der Waals surface area contributed by atoms with E-state index in [0.717, 1.165) is 30.2 Å². The van der Waals surface area contributed by atoms with Gasteiger partial charge < -0.3 is 10.6 Å². The third-order valence-electron chi connectivity index (χ3n) is 7.09. The molecule has 1 aliphatic heterocycles. The number of ketones is 1. The molecule has 2 N–H and O–H groups in total. The molecule has 0 unspecified atom stereocenters. The van der Waals surface area contributed by atoms with Crippen molar-refractivity contribution in [3.8, 4) is 0 Å². The van der Waals surface area contributed by atoms with E-state index in [0.29, 0.717) is 30.7 Å². The summed E-state index contributed by atoms with van der Waals surface area (Å²) < 4.78 is 3.31. The molecule has 3 aromatic rings. The van der Waals surface area contributed by atoms with E-state index in [4.69, 9.17) is 5.73 Å². The zero-order valence-corrected chi connectivity index (χ0v) is 19.3. The van der Waals surface area contributed by atoms with Crippen LogP contribution in [0.4, 0.5) is 4.79 Å². The summed E-state index contributed by atoms with van der Waals surface area (Å²) >= 11 is 0. The van der Waals surface area contributed by atoms with Crippen molar-refractivity contribution in [2.75, 3.05) is 13.1 Å². The summed E-state index contributed by atoms with van der Waals surface area (Å²) in [7, 11) is 0. The number of hydrogen-bond donors (Lipinski definition) is 1. The monoisotopic (exact) mass is 447 g/mol. The first-order valence-corrected chi connectivity index (χ1v) is 11.4. The predicted molar refractivity (Wildman–Crippen MR) is 124 cm³/mol. The first-order chi connectivity index (χ1) is 15.6. The lowest BCUT2D eigenvalue weighted by atomic mass is 9.67. The number of carbonyl (C=O) groups is 3. The van der Waals surface area contributed by atoms with Crippen LogP contribution in [0.25, 0.3) is 10.9 Å². The number of carbonyl (C=O) groups excluding carboxylic acids is 3. The van der Waals surface area contributed by atoms with E-state index in [1.165, 1.54) is 4.57 Å². The van der Waals surface area contributed by atoms with Gasteiger partial charge in [-0.25, -0.2) is 4.79 Å². The van der Waals surface area contributed by atoms with Crippen molar-refractivity contribution >= 4 is 28.6 Å². The number of benzene rings is 1. The highest BCUT2D eigenvalue weighted by atomic mass is 16.2. The maximum Gasteiger partial charge on any atom is 0.329 e. The number of fused-ring (bicyclic) bond motifs is 2. The quantitative estimate of drug-likeness (QED) is 0.616. The van der Waals surface area contributed by atoms with E-state index < -0.39 is 5.91 Å². The zero-order valence-electron chi connectivity index (χ0n) is 19.3. The Morgan fingerprint density at radius 2 is 1.79 bits per heavy atom. The minimum atomic E-state index is -0.630. The van der Waals surface area contributed by atoms with Crippen LogP contribution in [0.5, 0.6) is 0 Å². The summed E-state index contributed by atoms with van der Waals surface area (Å²) in [6, 6.07) is 8.80. The van der Waals surface area contributed by atoms with Crippen molar-refractivity contribution in [2.24, 2.45) is 11.1 Å². The second-order valence-electron chi connectivity index (χ2n) is 10.5. The summed E-state index contributed by atoms with van der Waals surface area (Å²) in [5, 5.41) is 5.37. The number of Topliss-reactive ketones (excluding diaryl/α,β-unsaturated/α-hetero) is 1. The molecule has 2 aliphatic rings. The molecule has 2 amide bonds. The largest absolute Gasteiger partial charge is 0.364 e. The maximum atomic E-state index is 13.4. The Kier molecular flexibility index (Phi) is 4.74. The van der Waals surface area contributed by atoms with Crippen LogP contribution in [0, 0.1) is 5.41 Å². The second-order valence-corrected chi connectivity index (χ2v) is 10.5. The number of para-hydroxylation sites is 1. The van der Waals surface area contributed by atoms with E-state index in [2.05, 4.69) is 25.9 Å². The van der Waals surface area contributed by atoms with Crippen LogP contribution in [0.2, 0.25) is 0 Å². The van der Waals surface area contributed by atoms with Crippen LogP contribution in [0.1, 0.15) is 66.6 Å². The first kappa shape index (κ1) is 21.4. The van der Waals surface area contributed by atoms with Gasteiger partial charge in [0.05, 0.1) is 11.1 Å². The average molecular weight is 448 g/mol. The Morgan fingerprint density at radius 3 is 2.45 bits per heavy atom. The van der Waals surface area contributed by atoms with Crippen molar-refractivity contribution in [1.82, 2.24) is 19.2 Å². The van der Waals surface area contributed by atoms with Crippen molar-refractivity contribution in [1.29, 1.82) is 0 Å². The lowest BCUT2D eigenvalue weighted by Crippen LogP contribution is -2.47. The molecule has 8 nitrogen and oxygen atoms in total. The number of primary amides is 1. The molecular weight excluding hydrogens is 418 g/mol. The molecule has 33 heavy (non-hydrogen) atoms. The van der Waals surface area contributed by atoms with Gasteiger partial charge in [-0.1, -0.05) is 18.2 Å². The lowest BCUT2D eigenvalue weighted by molar-refractivity contribution is 0.0731. The van der Waals surface area contributed by atoms with Crippen LogP contribution < -0.4 is 5.73 Å². The smallest absolute Gasteiger partial charge is 0.329 e. The number of aromatic nitrogens is 3. The molecule has 0 saturated carbocycles. The molecule has 1 aliphatic carbocycles. The standard InChI is InChI=1S/C25H29N5O3/c1-24(2,3)29-15-17-13-25(14-20(31)21(17)27-29)8-10-28(11-9-25)23(33)30-18-7-5-4-6-16(18)12-19(30)22(26)32/h4-7,12,15H,8-11,13-14H2,1-3H3,(H2,26,32). The molecule has 0 bridgehead atoms. The van der Waals surface area contributed by atoms with Gasteiger partial charge in [0.25, 0.3) is 5.91 Å². The minimum absolute atomic E-state index is 0.0893. The number of hydrogen-bond acceptors (Lipinski definition) is 4. The summed E-state index contributed by atoms with van der Waals surface area (Å²) in [6.45, 7) is 7.27. The normalized spacial score (nSPS) is 18.0. The zero-order chi connectivity index (χ0) is 23.5. The molecule has 8 heteroatoms. The molecular formula is C25H29N5O3. The third kappa shape index (κ3) is 3.53. The molecule has 0 radical (unpaired) electrons. The van der Waals surface area contributed by atoms with Gasteiger partial charge in [0.15, 0.2) is 5.78 Å². The number of nitrogens with two attached hydrogens (primary N) is 1. The molecule has 5 rings (SSSR count). The van der Waals surface area contributed by atoms with Crippen molar-refractivity contribution in [3.05, 3.63) is 53.5 Å². The van der Waals surface area contributed by atoms with Gasteiger partial charge in [-0.3, -0.25) is 18.8 Å². The number of amides is 2. The van der Waals surface area contributed by atoms with Crippen molar-refractivity contribution in [3.63, 3.8) is 0 Å². The van der Waals surface area contributed by atoms with Gasteiger partial charge in [-0.15, -0.1) is 0 Å². The third-order valence-corrected chi connectivity index (χ3v) is 7.09. The van der Waals surface area contributed by atoms with Crippen LogP contribution >= 0.6 is 0 Å². The van der Waals surface area contributed by atoms with Gasteiger partial charge in [-0.2, -0.15) is 5.10 Å². The highest BCUT2D eigenvalue weighted by molar-refractivity contribution is 6.04. The Labute approximate surface area is 192 Å². The fourth-order valence-electron chi connectivity index (χ4n) is 5.22. The molecule has 3 heterocycles. The Balaban J connectivity index is 1.38. The molecule has 1 saturated heterocycles. The highest BCUT2D eigenvalue weighted by Crippen LogP contribution is 2.43. The Bertz CT molecular complexity index is 1290. The van der Waals surface area contributed by atoms with E-state index in [1.807, 2.05) is 35.1 Å². The molecule has 0 atom stereocenters. The fourth-order valence-corrected chi connectivity index (χ4v) is 5.22. The highest BCUT2D eigenvalue weighted by Gasteiger charge is 2.43. The topological polar surface area (TPSA) is 103 Å². The van der Waals surface area contributed by atoms with E-state index in [9.17, 15) is 14.4 Å². The Hall–Kier alpha value is -3.42. The molecule has 1 aromatic carbocycles. The molecule has 1 spiro atoms. The van der Waals surface area contributed by atoms with Gasteiger partial charge in [0.1, 0.15) is 11.4 Å². The fraction of sp³-hybridized carbons (Fsp3) is 0.440. The van der Waals surface area contributed by atoms with Crippen molar-refractivity contribution < 1.29 is 14.4 Å². The first-order valence-electron chi connectivity index (χ1n) is 11.4. The minimum Gasteiger partial charge on any atom is -0.364 e. The number of piperidine rings is 1. The summed E-state index contributed by atoms with van der Waals surface area (Å²) in [4.78, 5) is 40.2. The second kappa shape index (κ2) is 7.30. The van der Waals surface area contributed by atoms with E-state index >= 15 is 0 Å². The van der Waals surface area contributed by atoms with E-state index in [-0.39, 0.29) is 28.5 Å². The van der Waals surface area contributed by atoms with E-state index in [1.54, 1.807) is 11.0 Å². The van der Waals surface area contributed by atoms with Gasteiger partial charge in [-0.05, 0) is 57.6 Å². The predicted octanol–water partition coefficient (Wildman–Crippen LogP) is 3.57. The van der Waals surface area contributed by atoms with Gasteiger partial charge in [0, 0.05) is 36.7 Å². The molecule has 2 aromatic heterocycles. The van der Waals surface area contributed by atoms with Gasteiger partial charge >= 0.3 is 6.03 Å². The molecule has 1 fully saturated rings. The summed E-state index contributed by atoms with van der Waals surface area (Å²) in [6.07, 6.45) is 4.73. The summed E-state index contributed by atoms with van der Waals surface area (Å²) in [5.41, 5.74) is 7.70.